The Morgan fingerprint density at radius 3 is 2.48 bits per heavy atom. The van der Waals surface area contributed by atoms with Gasteiger partial charge >= 0.3 is 0 Å². The molecule has 0 spiro atoms. The summed E-state index contributed by atoms with van der Waals surface area (Å²) in [6.45, 7) is 2.29. The van der Waals surface area contributed by atoms with Gasteiger partial charge in [-0.2, -0.15) is 4.98 Å². The third-order valence-corrected chi connectivity index (χ3v) is 2.54. The molecule has 112 valence electrons. The summed E-state index contributed by atoms with van der Waals surface area (Å²) in [5, 5.41) is 2.65. The Balaban J connectivity index is 2.30. The fraction of sp³-hybridized carbons (Fsp3) is 0.214. The second kappa shape index (κ2) is 6.43. The van der Waals surface area contributed by atoms with Gasteiger partial charge < -0.3 is 10.1 Å². The molecule has 0 amide bonds. The van der Waals surface area contributed by atoms with E-state index in [-0.39, 0.29) is 5.82 Å². The Bertz CT molecular complexity index is 649. The van der Waals surface area contributed by atoms with Crippen molar-refractivity contribution in [1.82, 2.24) is 4.98 Å². The first-order chi connectivity index (χ1) is 10.0. The SMILES string of the molecule is CCCNc1nc(Oc2ccc(F)cc2F)c(F)cc1F. The number of ether oxygens (including phenoxy) is 1. The molecular weight excluding hydrogens is 288 g/mol. The van der Waals surface area contributed by atoms with Gasteiger partial charge in [-0.1, -0.05) is 6.92 Å². The summed E-state index contributed by atoms with van der Waals surface area (Å²) < 4.78 is 58.2. The number of hydrogen-bond acceptors (Lipinski definition) is 3. The van der Waals surface area contributed by atoms with Crippen LogP contribution in [0.25, 0.3) is 0 Å². The van der Waals surface area contributed by atoms with Crippen LogP contribution in [0.4, 0.5) is 23.4 Å². The predicted octanol–water partition coefficient (Wildman–Crippen LogP) is 4.25. The topological polar surface area (TPSA) is 34.2 Å². The monoisotopic (exact) mass is 300 g/mol. The van der Waals surface area contributed by atoms with Crippen LogP contribution in [0.1, 0.15) is 13.3 Å². The standard InChI is InChI=1S/C14H12F4N2O/c1-2-5-19-13-10(17)7-11(18)14(20-13)21-12-4-3-8(15)6-9(12)16/h3-4,6-7H,2,5H2,1H3,(H,19,20). The molecule has 0 radical (unpaired) electrons. The zero-order valence-electron chi connectivity index (χ0n) is 11.1. The van der Waals surface area contributed by atoms with E-state index >= 15 is 0 Å². The van der Waals surface area contributed by atoms with Gasteiger partial charge in [0, 0.05) is 18.7 Å². The largest absolute Gasteiger partial charge is 0.433 e. The Morgan fingerprint density at radius 2 is 1.81 bits per heavy atom. The molecule has 2 aromatic rings. The molecule has 1 N–H and O–H groups in total. The van der Waals surface area contributed by atoms with E-state index in [1.807, 2.05) is 6.92 Å². The summed E-state index contributed by atoms with van der Waals surface area (Å²) >= 11 is 0. The second-order valence-corrected chi connectivity index (χ2v) is 4.21. The van der Waals surface area contributed by atoms with Crippen LogP contribution in [-0.4, -0.2) is 11.5 Å². The van der Waals surface area contributed by atoms with Crippen molar-refractivity contribution in [3.05, 3.63) is 47.5 Å². The first-order valence-corrected chi connectivity index (χ1v) is 6.24. The lowest BCUT2D eigenvalue weighted by molar-refractivity contribution is 0.393. The van der Waals surface area contributed by atoms with Crippen LogP contribution in [0.2, 0.25) is 0 Å². The van der Waals surface area contributed by atoms with E-state index in [1.165, 1.54) is 0 Å². The minimum absolute atomic E-state index is 0.198. The summed E-state index contributed by atoms with van der Waals surface area (Å²) in [7, 11) is 0. The maximum Gasteiger partial charge on any atom is 0.258 e. The van der Waals surface area contributed by atoms with Gasteiger partial charge in [-0.25, -0.2) is 17.6 Å². The van der Waals surface area contributed by atoms with Gasteiger partial charge in [-0.15, -0.1) is 0 Å². The summed E-state index contributed by atoms with van der Waals surface area (Å²) in [5.41, 5.74) is 0. The number of nitrogens with one attached hydrogen (secondary N) is 1. The van der Waals surface area contributed by atoms with Crippen LogP contribution in [0.3, 0.4) is 0 Å². The van der Waals surface area contributed by atoms with E-state index in [4.69, 9.17) is 4.74 Å². The van der Waals surface area contributed by atoms with E-state index in [0.717, 1.165) is 12.1 Å². The molecule has 3 nitrogen and oxygen atoms in total. The molecule has 0 aliphatic rings. The maximum absolute atomic E-state index is 13.6. The highest BCUT2D eigenvalue weighted by molar-refractivity contribution is 5.41. The highest BCUT2D eigenvalue weighted by atomic mass is 19.1. The van der Waals surface area contributed by atoms with Crippen molar-refractivity contribution < 1.29 is 22.3 Å². The van der Waals surface area contributed by atoms with Gasteiger partial charge in [-0.3, -0.25) is 0 Å². The van der Waals surface area contributed by atoms with Crippen LogP contribution in [0.15, 0.2) is 24.3 Å². The molecule has 0 fully saturated rings. The lowest BCUT2D eigenvalue weighted by Gasteiger charge is -2.10. The molecule has 1 heterocycles. The molecule has 0 saturated heterocycles. The molecule has 0 aliphatic carbocycles. The lowest BCUT2D eigenvalue weighted by atomic mass is 10.3. The fourth-order valence-corrected chi connectivity index (χ4v) is 1.55. The first kappa shape index (κ1) is 15.1. The number of aromatic nitrogens is 1. The lowest BCUT2D eigenvalue weighted by Crippen LogP contribution is -2.06. The van der Waals surface area contributed by atoms with Crippen LogP contribution in [-0.2, 0) is 0 Å². The third kappa shape index (κ3) is 3.62. The quantitative estimate of drug-likeness (QED) is 0.838. The highest BCUT2D eigenvalue weighted by Crippen LogP contribution is 2.28. The molecule has 1 aromatic heterocycles. The summed E-state index contributed by atoms with van der Waals surface area (Å²) in [6, 6.07) is 3.12. The zero-order valence-corrected chi connectivity index (χ0v) is 11.1. The van der Waals surface area contributed by atoms with Crippen LogP contribution in [0.5, 0.6) is 11.6 Å². The molecule has 0 atom stereocenters. The Kier molecular flexibility index (Phi) is 4.62. The highest BCUT2D eigenvalue weighted by Gasteiger charge is 2.15. The molecular formula is C14H12F4N2O. The molecule has 0 saturated carbocycles. The first-order valence-electron chi connectivity index (χ1n) is 6.24. The van der Waals surface area contributed by atoms with Crippen molar-refractivity contribution in [2.45, 2.75) is 13.3 Å². The molecule has 21 heavy (non-hydrogen) atoms. The van der Waals surface area contributed by atoms with Crippen molar-refractivity contribution in [2.24, 2.45) is 0 Å². The minimum Gasteiger partial charge on any atom is -0.433 e. The fourth-order valence-electron chi connectivity index (χ4n) is 1.55. The van der Waals surface area contributed by atoms with Crippen molar-refractivity contribution in [1.29, 1.82) is 0 Å². The maximum atomic E-state index is 13.6. The van der Waals surface area contributed by atoms with Crippen molar-refractivity contribution >= 4 is 5.82 Å². The van der Waals surface area contributed by atoms with Crippen molar-refractivity contribution in [3.63, 3.8) is 0 Å². The van der Waals surface area contributed by atoms with Crippen molar-refractivity contribution in [2.75, 3.05) is 11.9 Å². The number of rotatable bonds is 5. The molecule has 1 aromatic carbocycles. The second-order valence-electron chi connectivity index (χ2n) is 4.21. The van der Waals surface area contributed by atoms with E-state index in [9.17, 15) is 17.6 Å². The van der Waals surface area contributed by atoms with Crippen LogP contribution < -0.4 is 10.1 Å². The number of hydrogen-bond donors (Lipinski definition) is 1. The molecule has 0 bridgehead atoms. The van der Waals surface area contributed by atoms with Crippen molar-refractivity contribution in [3.8, 4) is 11.6 Å². The van der Waals surface area contributed by atoms with E-state index in [1.54, 1.807) is 0 Å². The third-order valence-electron chi connectivity index (χ3n) is 2.54. The van der Waals surface area contributed by atoms with Gasteiger partial charge in [-0.05, 0) is 18.6 Å². The van der Waals surface area contributed by atoms with E-state index < -0.39 is 34.9 Å². The average Bonchev–Trinajstić information content (AvgIpc) is 2.43. The number of anilines is 1. The molecule has 7 heteroatoms. The molecule has 0 aliphatic heterocycles. The number of halogens is 4. The number of nitrogens with zero attached hydrogens (tertiary/aromatic N) is 1. The minimum atomic E-state index is -1.08. The molecule has 0 unspecified atom stereocenters. The van der Waals surface area contributed by atoms with Gasteiger partial charge in [0.2, 0.25) is 0 Å². The van der Waals surface area contributed by atoms with Gasteiger partial charge in [0.25, 0.3) is 5.88 Å². The van der Waals surface area contributed by atoms with Crippen LogP contribution in [0, 0.1) is 23.3 Å². The van der Waals surface area contributed by atoms with E-state index in [2.05, 4.69) is 10.3 Å². The van der Waals surface area contributed by atoms with Gasteiger partial charge in [0.15, 0.2) is 29.0 Å². The normalized spacial score (nSPS) is 10.5. The Morgan fingerprint density at radius 1 is 1.05 bits per heavy atom. The van der Waals surface area contributed by atoms with E-state index in [0.29, 0.717) is 25.1 Å². The van der Waals surface area contributed by atoms with Crippen LogP contribution >= 0.6 is 0 Å². The van der Waals surface area contributed by atoms with Gasteiger partial charge in [0.1, 0.15) is 5.82 Å². The average molecular weight is 300 g/mol. The molecule has 2 rings (SSSR count). The predicted molar refractivity (Wildman–Crippen MR) is 69.4 cm³/mol. The Hall–Kier alpha value is -2.31. The zero-order chi connectivity index (χ0) is 15.4. The Labute approximate surface area is 118 Å². The summed E-state index contributed by atoms with van der Waals surface area (Å²) in [4.78, 5) is 3.62. The van der Waals surface area contributed by atoms with Gasteiger partial charge in [0.05, 0.1) is 0 Å². The summed E-state index contributed by atoms with van der Waals surface area (Å²) in [6.07, 6.45) is 0.710. The summed E-state index contributed by atoms with van der Waals surface area (Å²) in [5.74, 6) is -4.97. The number of benzene rings is 1. The number of pyridine rings is 1. The smallest absolute Gasteiger partial charge is 0.258 e.